The molecule has 2 aromatic heterocycles. The fraction of sp³-hybridized carbons (Fsp3) is 0.333. The van der Waals surface area contributed by atoms with Gasteiger partial charge in [-0.25, -0.2) is 9.97 Å². The fourth-order valence-electron chi connectivity index (χ4n) is 3.07. The van der Waals surface area contributed by atoms with E-state index in [1.54, 1.807) is 0 Å². The third-order valence-electron chi connectivity index (χ3n) is 4.40. The van der Waals surface area contributed by atoms with Gasteiger partial charge in [0.25, 0.3) is 0 Å². The Balaban J connectivity index is 1.38. The average Bonchev–Trinajstić information content (AvgIpc) is 2.98. The number of piperazine rings is 1. The number of hydrogen-bond donors (Lipinski definition) is 1. The molecule has 23 heavy (non-hydrogen) atoms. The normalized spacial score (nSPS) is 16.1. The number of aryl methyl sites for hydroxylation is 1. The number of aromatic amines is 1. The highest BCUT2D eigenvalue weighted by atomic mass is 15.3. The van der Waals surface area contributed by atoms with Crippen molar-refractivity contribution in [3.05, 3.63) is 54.0 Å². The lowest BCUT2D eigenvalue weighted by atomic mass is 10.2. The number of benzene rings is 1. The van der Waals surface area contributed by atoms with Crippen molar-refractivity contribution in [3.63, 3.8) is 0 Å². The summed E-state index contributed by atoms with van der Waals surface area (Å²) in [4.78, 5) is 17.4. The summed E-state index contributed by atoms with van der Waals surface area (Å²) < 4.78 is 0. The van der Waals surface area contributed by atoms with Crippen LogP contribution in [0.15, 0.2) is 42.6 Å². The van der Waals surface area contributed by atoms with E-state index in [1.807, 2.05) is 18.3 Å². The quantitative estimate of drug-likeness (QED) is 0.808. The Morgan fingerprint density at radius 3 is 2.61 bits per heavy atom. The molecule has 1 aliphatic rings. The van der Waals surface area contributed by atoms with Gasteiger partial charge in [0.1, 0.15) is 11.6 Å². The molecule has 1 N–H and O–H groups in total. The number of nitrogens with one attached hydrogen (secondary N) is 1. The molecule has 3 aromatic rings. The van der Waals surface area contributed by atoms with Crippen LogP contribution in [-0.2, 0) is 6.54 Å². The number of nitrogens with zero attached hydrogens (tertiary/aromatic N) is 4. The van der Waals surface area contributed by atoms with E-state index in [2.05, 4.69) is 55.9 Å². The first-order chi connectivity index (χ1) is 11.3. The number of para-hydroxylation sites is 2. The SMILES string of the molecule is Cc1ccc(N2CCN(Cc3nc4ccccc4[nH]3)CC2)nc1. The summed E-state index contributed by atoms with van der Waals surface area (Å²) in [5, 5.41) is 0. The highest BCUT2D eigenvalue weighted by Crippen LogP contribution is 2.16. The molecule has 1 aliphatic heterocycles. The van der Waals surface area contributed by atoms with Crippen LogP contribution in [0.5, 0.6) is 0 Å². The Bertz CT molecular complexity index is 752. The third kappa shape index (κ3) is 3.05. The van der Waals surface area contributed by atoms with E-state index in [1.165, 1.54) is 5.56 Å². The molecule has 118 valence electrons. The number of pyridine rings is 1. The third-order valence-corrected chi connectivity index (χ3v) is 4.40. The summed E-state index contributed by atoms with van der Waals surface area (Å²) in [5.41, 5.74) is 3.37. The molecule has 1 aromatic carbocycles. The van der Waals surface area contributed by atoms with E-state index < -0.39 is 0 Å². The number of hydrogen-bond acceptors (Lipinski definition) is 4. The molecule has 3 heterocycles. The number of anilines is 1. The van der Waals surface area contributed by atoms with Gasteiger partial charge in [-0.1, -0.05) is 18.2 Å². The molecule has 1 saturated heterocycles. The minimum absolute atomic E-state index is 0.879. The van der Waals surface area contributed by atoms with Crippen molar-refractivity contribution in [3.8, 4) is 0 Å². The molecule has 5 heteroatoms. The lowest BCUT2D eigenvalue weighted by molar-refractivity contribution is 0.244. The zero-order valence-electron chi connectivity index (χ0n) is 13.4. The first-order valence-electron chi connectivity index (χ1n) is 8.11. The molecule has 0 amide bonds. The maximum Gasteiger partial charge on any atom is 0.128 e. The van der Waals surface area contributed by atoms with Crippen LogP contribution in [0, 0.1) is 6.92 Å². The largest absolute Gasteiger partial charge is 0.354 e. The van der Waals surface area contributed by atoms with Gasteiger partial charge in [-0.15, -0.1) is 0 Å². The lowest BCUT2D eigenvalue weighted by Crippen LogP contribution is -2.46. The number of aromatic nitrogens is 3. The Labute approximate surface area is 136 Å². The van der Waals surface area contributed by atoms with Crippen molar-refractivity contribution < 1.29 is 0 Å². The van der Waals surface area contributed by atoms with Crippen LogP contribution in [0.1, 0.15) is 11.4 Å². The summed E-state index contributed by atoms with van der Waals surface area (Å²) in [6, 6.07) is 12.4. The average molecular weight is 307 g/mol. The minimum Gasteiger partial charge on any atom is -0.354 e. The molecule has 5 nitrogen and oxygen atoms in total. The van der Waals surface area contributed by atoms with Gasteiger partial charge in [-0.05, 0) is 30.7 Å². The molecule has 0 atom stereocenters. The first kappa shape index (κ1) is 14.2. The van der Waals surface area contributed by atoms with Gasteiger partial charge < -0.3 is 9.88 Å². The second-order valence-corrected chi connectivity index (χ2v) is 6.16. The molecular weight excluding hydrogens is 286 g/mol. The van der Waals surface area contributed by atoms with Gasteiger partial charge in [0.2, 0.25) is 0 Å². The summed E-state index contributed by atoms with van der Waals surface area (Å²) in [7, 11) is 0. The Hall–Kier alpha value is -2.40. The minimum atomic E-state index is 0.879. The van der Waals surface area contributed by atoms with Crippen LogP contribution in [0.25, 0.3) is 11.0 Å². The van der Waals surface area contributed by atoms with Crippen molar-refractivity contribution in [2.24, 2.45) is 0 Å². The predicted molar refractivity (Wildman–Crippen MR) is 92.6 cm³/mol. The summed E-state index contributed by atoms with van der Waals surface area (Å²) in [6.07, 6.45) is 1.94. The summed E-state index contributed by atoms with van der Waals surface area (Å²) in [5.74, 6) is 2.13. The highest BCUT2D eigenvalue weighted by molar-refractivity contribution is 5.74. The van der Waals surface area contributed by atoms with Crippen LogP contribution < -0.4 is 4.90 Å². The van der Waals surface area contributed by atoms with Crippen LogP contribution >= 0.6 is 0 Å². The Kier molecular flexibility index (Phi) is 3.71. The molecule has 0 radical (unpaired) electrons. The van der Waals surface area contributed by atoms with Gasteiger partial charge in [0.15, 0.2) is 0 Å². The smallest absolute Gasteiger partial charge is 0.128 e. The second-order valence-electron chi connectivity index (χ2n) is 6.16. The van der Waals surface area contributed by atoms with Gasteiger partial charge >= 0.3 is 0 Å². The highest BCUT2D eigenvalue weighted by Gasteiger charge is 2.19. The van der Waals surface area contributed by atoms with Crippen LogP contribution in [0.3, 0.4) is 0 Å². The van der Waals surface area contributed by atoms with Crippen molar-refractivity contribution in [2.45, 2.75) is 13.5 Å². The van der Waals surface area contributed by atoms with Crippen molar-refractivity contribution in [1.82, 2.24) is 19.9 Å². The lowest BCUT2D eigenvalue weighted by Gasteiger charge is -2.35. The second kappa shape index (κ2) is 6.01. The van der Waals surface area contributed by atoms with Crippen molar-refractivity contribution in [2.75, 3.05) is 31.1 Å². The molecule has 0 unspecified atom stereocenters. The molecule has 0 saturated carbocycles. The van der Waals surface area contributed by atoms with Gasteiger partial charge in [0.05, 0.1) is 17.6 Å². The van der Waals surface area contributed by atoms with Crippen molar-refractivity contribution in [1.29, 1.82) is 0 Å². The molecule has 0 bridgehead atoms. The standard InChI is InChI=1S/C18H21N5/c1-14-6-7-18(19-12-14)23-10-8-22(9-11-23)13-17-20-15-4-2-3-5-16(15)21-17/h2-7,12H,8-11,13H2,1H3,(H,20,21). The number of imidazole rings is 1. The number of fused-ring (bicyclic) bond motifs is 1. The molecule has 4 rings (SSSR count). The van der Waals surface area contributed by atoms with Crippen LogP contribution in [0.2, 0.25) is 0 Å². The van der Waals surface area contributed by atoms with Gasteiger partial charge in [-0.2, -0.15) is 0 Å². The number of rotatable bonds is 3. The number of H-pyrrole nitrogens is 1. The van der Waals surface area contributed by atoms with E-state index in [0.29, 0.717) is 0 Å². The maximum absolute atomic E-state index is 4.67. The van der Waals surface area contributed by atoms with Gasteiger partial charge in [-0.3, -0.25) is 4.90 Å². The van der Waals surface area contributed by atoms with E-state index in [0.717, 1.165) is 55.4 Å². The summed E-state index contributed by atoms with van der Waals surface area (Å²) >= 11 is 0. The maximum atomic E-state index is 4.67. The fourth-order valence-corrected chi connectivity index (χ4v) is 3.07. The Morgan fingerprint density at radius 2 is 1.87 bits per heavy atom. The van der Waals surface area contributed by atoms with E-state index in [4.69, 9.17) is 0 Å². The van der Waals surface area contributed by atoms with Crippen molar-refractivity contribution >= 4 is 16.9 Å². The Morgan fingerprint density at radius 1 is 1.04 bits per heavy atom. The molecule has 0 aliphatic carbocycles. The van der Waals surface area contributed by atoms with Gasteiger partial charge in [0, 0.05) is 32.4 Å². The zero-order chi connectivity index (χ0) is 15.6. The van der Waals surface area contributed by atoms with E-state index in [9.17, 15) is 0 Å². The van der Waals surface area contributed by atoms with Crippen LogP contribution in [0.4, 0.5) is 5.82 Å². The van der Waals surface area contributed by atoms with E-state index in [-0.39, 0.29) is 0 Å². The monoisotopic (exact) mass is 307 g/mol. The molecule has 0 spiro atoms. The molecule has 1 fully saturated rings. The van der Waals surface area contributed by atoms with E-state index >= 15 is 0 Å². The topological polar surface area (TPSA) is 48.0 Å². The summed E-state index contributed by atoms with van der Waals surface area (Å²) in [6.45, 7) is 7.04. The zero-order valence-corrected chi connectivity index (χ0v) is 13.4. The molecular formula is C18H21N5. The predicted octanol–water partition coefficient (Wildman–Crippen LogP) is 2.59. The first-order valence-corrected chi connectivity index (χ1v) is 8.11. The van der Waals surface area contributed by atoms with Crippen LogP contribution in [-0.4, -0.2) is 46.0 Å².